The van der Waals surface area contributed by atoms with Gasteiger partial charge in [0.2, 0.25) is 0 Å². The Hall–Kier alpha value is -2.01. The van der Waals surface area contributed by atoms with Crippen LogP contribution in [-0.2, 0) is 13.0 Å². The number of aromatic nitrogens is 2. The molecule has 23 heavy (non-hydrogen) atoms. The molecule has 1 heterocycles. The summed E-state index contributed by atoms with van der Waals surface area (Å²) in [5.41, 5.74) is 8.03. The normalized spacial score (nSPS) is 11.1. The summed E-state index contributed by atoms with van der Waals surface area (Å²) in [6.07, 6.45) is 9.07. The van der Waals surface area contributed by atoms with Gasteiger partial charge in [-0.15, -0.1) is 0 Å². The van der Waals surface area contributed by atoms with Crippen molar-refractivity contribution in [2.75, 3.05) is 18.8 Å². The van der Waals surface area contributed by atoms with Crippen LogP contribution in [0, 0.1) is 0 Å². The lowest BCUT2D eigenvalue weighted by Gasteiger charge is -2.13. The van der Waals surface area contributed by atoms with Gasteiger partial charge in [-0.05, 0) is 63.9 Å². The minimum atomic E-state index is 0.148. The topological polar surface area (TPSA) is 65.1 Å². The molecule has 1 aromatic heterocycles. The summed E-state index contributed by atoms with van der Waals surface area (Å²) < 4.78 is 7.76. The summed E-state index contributed by atoms with van der Waals surface area (Å²) in [5.74, 6) is 0.779. The number of nitrogens with zero attached hydrogens (tertiary/aromatic N) is 2. The van der Waals surface area contributed by atoms with Crippen molar-refractivity contribution < 1.29 is 4.74 Å². The van der Waals surface area contributed by atoms with Gasteiger partial charge in [-0.3, -0.25) is 0 Å². The summed E-state index contributed by atoms with van der Waals surface area (Å²) >= 11 is 0. The molecule has 0 atom stereocenters. The fourth-order valence-electron chi connectivity index (χ4n) is 2.46. The van der Waals surface area contributed by atoms with Crippen molar-refractivity contribution in [2.45, 2.75) is 45.8 Å². The molecule has 5 heteroatoms. The van der Waals surface area contributed by atoms with E-state index in [1.54, 1.807) is 0 Å². The number of nitrogens with one attached hydrogen (secondary N) is 1. The van der Waals surface area contributed by atoms with Crippen LogP contribution in [0.2, 0.25) is 0 Å². The third-order valence-corrected chi connectivity index (χ3v) is 3.58. The van der Waals surface area contributed by atoms with Gasteiger partial charge in [0.15, 0.2) is 0 Å². The maximum atomic E-state index is 6.04. The quantitative estimate of drug-likeness (QED) is 0.522. The van der Waals surface area contributed by atoms with E-state index in [1.807, 2.05) is 44.7 Å². The number of nitrogen functional groups attached to an aromatic ring is 1. The Morgan fingerprint density at radius 3 is 2.78 bits per heavy atom. The van der Waals surface area contributed by atoms with Crippen LogP contribution in [0.25, 0.3) is 0 Å². The Bertz CT molecular complexity index is 566. The van der Waals surface area contributed by atoms with Crippen LogP contribution in [0.1, 0.15) is 32.3 Å². The van der Waals surface area contributed by atoms with Crippen LogP contribution < -0.4 is 15.8 Å². The van der Waals surface area contributed by atoms with E-state index in [0.29, 0.717) is 0 Å². The SMILES string of the molecule is CC(C)Oc1ccc(CCCNCCCn2ccnc2)cc1N. The van der Waals surface area contributed by atoms with E-state index in [-0.39, 0.29) is 6.10 Å². The molecule has 0 saturated heterocycles. The number of hydrogen-bond donors (Lipinski definition) is 2. The van der Waals surface area contributed by atoms with Crippen LogP contribution in [0.4, 0.5) is 5.69 Å². The Kier molecular flexibility index (Phi) is 6.94. The zero-order valence-corrected chi connectivity index (χ0v) is 14.2. The molecule has 3 N–H and O–H groups in total. The number of benzene rings is 1. The summed E-state index contributed by atoms with van der Waals surface area (Å²) in [4.78, 5) is 4.04. The lowest BCUT2D eigenvalue weighted by atomic mass is 10.1. The molecular formula is C18H28N4O. The highest BCUT2D eigenvalue weighted by atomic mass is 16.5. The highest BCUT2D eigenvalue weighted by Gasteiger charge is 2.04. The van der Waals surface area contributed by atoms with E-state index in [0.717, 1.165) is 50.3 Å². The van der Waals surface area contributed by atoms with Crippen LogP contribution in [0.5, 0.6) is 5.75 Å². The Balaban J connectivity index is 1.59. The van der Waals surface area contributed by atoms with E-state index in [4.69, 9.17) is 10.5 Å². The summed E-state index contributed by atoms with van der Waals surface area (Å²) in [6, 6.07) is 6.10. The molecule has 2 rings (SSSR count). The molecule has 0 aliphatic carbocycles. The lowest BCUT2D eigenvalue weighted by Crippen LogP contribution is -2.18. The fraction of sp³-hybridized carbons (Fsp3) is 0.500. The number of rotatable bonds is 10. The van der Waals surface area contributed by atoms with Crippen molar-refractivity contribution in [3.8, 4) is 5.75 Å². The number of nitrogens with two attached hydrogens (primary N) is 1. The number of anilines is 1. The number of aryl methyl sites for hydroxylation is 2. The van der Waals surface area contributed by atoms with E-state index >= 15 is 0 Å². The minimum absolute atomic E-state index is 0.148. The Morgan fingerprint density at radius 2 is 2.09 bits per heavy atom. The van der Waals surface area contributed by atoms with Crippen molar-refractivity contribution in [1.82, 2.24) is 14.9 Å². The van der Waals surface area contributed by atoms with Gasteiger partial charge in [0.25, 0.3) is 0 Å². The van der Waals surface area contributed by atoms with E-state index in [2.05, 4.69) is 20.9 Å². The Morgan fingerprint density at radius 1 is 1.26 bits per heavy atom. The first-order valence-corrected chi connectivity index (χ1v) is 8.36. The highest BCUT2D eigenvalue weighted by molar-refractivity contribution is 5.54. The first-order valence-electron chi connectivity index (χ1n) is 8.36. The first kappa shape index (κ1) is 17.3. The summed E-state index contributed by atoms with van der Waals surface area (Å²) in [6.45, 7) is 7.08. The van der Waals surface area contributed by atoms with Gasteiger partial charge in [-0.2, -0.15) is 0 Å². The molecule has 2 aromatic rings. The van der Waals surface area contributed by atoms with Gasteiger partial charge in [-0.1, -0.05) is 6.07 Å². The molecule has 0 aliphatic heterocycles. The maximum Gasteiger partial charge on any atom is 0.142 e. The molecule has 0 spiro atoms. The van der Waals surface area contributed by atoms with Gasteiger partial charge in [0.1, 0.15) is 5.75 Å². The second-order valence-corrected chi connectivity index (χ2v) is 6.05. The van der Waals surface area contributed by atoms with Crippen molar-refractivity contribution in [2.24, 2.45) is 0 Å². The second-order valence-electron chi connectivity index (χ2n) is 6.05. The van der Waals surface area contributed by atoms with Crippen molar-refractivity contribution in [3.05, 3.63) is 42.5 Å². The van der Waals surface area contributed by atoms with E-state index in [1.165, 1.54) is 5.56 Å². The number of imidazole rings is 1. The molecule has 5 nitrogen and oxygen atoms in total. The van der Waals surface area contributed by atoms with Crippen molar-refractivity contribution in [1.29, 1.82) is 0 Å². The largest absolute Gasteiger partial charge is 0.489 e. The molecule has 0 fully saturated rings. The fourth-order valence-corrected chi connectivity index (χ4v) is 2.46. The van der Waals surface area contributed by atoms with Crippen LogP contribution in [0.3, 0.4) is 0 Å². The summed E-state index contributed by atoms with van der Waals surface area (Å²) in [5, 5.41) is 3.48. The lowest BCUT2D eigenvalue weighted by molar-refractivity contribution is 0.244. The van der Waals surface area contributed by atoms with E-state index in [9.17, 15) is 0 Å². The zero-order chi connectivity index (χ0) is 16.5. The predicted octanol–water partition coefficient (Wildman–Crippen LogP) is 2.87. The van der Waals surface area contributed by atoms with Gasteiger partial charge in [0, 0.05) is 18.9 Å². The van der Waals surface area contributed by atoms with E-state index < -0.39 is 0 Å². The number of ether oxygens (including phenoxy) is 1. The van der Waals surface area contributed by atoms with Crippen LogP contribution in [-0.4, -0.2) is 28.7 Å². The molecular weight excluding hydrogens is 288 g/mol. The monoisotopic (exact) mass is 316 g/mol. The van der Waals surface area contributed by atoms with Crippen LogP contribution in [0.15, 0.2) is 36.9 Å². The maximum absolute atomic E-state index is 6.04. The smallest absolute Gasteiger partial charge is 0.142 e. The molecule has 0 amide bonds. The third-order valence-electron chi connectivity index (χ3n) is 3.58. The predicted molar refractivity (Wildman–Crippen MR) is 94.7 cm³/mol. The Labute approximate surface area is 138 Å². The average molecular weight is 316 g/mol. The third kappa shape index (κ3) is 6.32. The molecule has 0 bridgehead atoms. The van der Waals surface area contributed by atoms with Crippen molar-refractivity contribution >= 4 is 5.69 Å². The molecule has 0 saturated carbocycles. The molecule has 0 unspecified atom stereocenters. The molecule has 0 radical (unpaired) electrons. The minimum Gasteiger partial charge on any atom is -0.489 e. The molecule has 126 valence electrons. The average Bonchev–Trinajstić information content (AvgIpc) is 3.02. The zero-order valence-electron chi connectivity index (χ0n) is 14.2. The number of hydrogen-bond acceptors (Lipinski definition) is 4. The van der Waals surface area contributed by atoms with Gasteiger partial charge >= 0.3 is 0 Å². The van der Waals surface area contributed by atoms with Gasteiger partial charge in [0.05, 0.1) is 18.1 Å². The second kappa shape index (κ2) is 9.20. The molecule has 0 aliphatic rings. The standard InChI is InChI=1S/C18H28N4O/c1-15(2)23-18-7-6-16(13-17(18)19)5-3-8-20-9-4-11-22-12-10-21-14-22/h6-7,10,12-15,20H,3-5,8-9,11,19H2,1-2H3. The highest BCUT2D eigenvalue weighted by Crippen LogP contribution is 2.24. The van der Waals surface area contributed by atoms with Gasteiger partial charge < -0.3 is 20.4 Å². The van der Waals surface area contributed by atoms with Crippen LogP contribution >= 0.6 is 0 Å². The van der Waals surface area contributed by atoms with Gasteiger partial charge in [-0.25, -0.2) is 4.98 Å². The summed E-state index contributed by atoms with van der Waals surface area (Å²) in [7, 11) is 0. The van der Waals surface area contributed by atoms with Crippen molar-refractivity contribution in [3.63, 3.8) is 0 Å². The molecule has 1 aromatic carbocycles. The first-order chi connectivity index (χ1) is 11.1.